The number of ketones is 1. The van der Waals surface area contributed by atoms with Crippen molar-refractivity contribution in [2.24, 2.45) is 17.8 Å². The van der Waals surface area contributed by atoms with Gasteiger partial charge >= 0.3 is 0 Å². The number of carbonyl (C=O) groups is 4. The van der Waals surface area contributed by atoms with Gasteiger partial charge in [-0.3, -0.25) is 19.2 Å². The average molecular weight is 552 g/mol. The number of hydrogen-bond donors (Lipinski definition) is 0. The predicted molar refractivity (Wildman–Crippen MR) is 134 cm³/mol. The fourth-order valence-electron chi connectivity index (χ4n) is 4.78. The van der Waals surface area contributed by atoms with Crippen LogP contribution in [0.2, 0.25) is 10.0 Å². The Labute approximate surface area is 222 Å². The monoisotopic (exact) mass is 550 g/mol. The van der Waals surface area contributed by atoms with Gasteiger partial charge in [-0.25, -0.2) is 9.40 Å². The van der Waals surface area contributed by atoms with E-state index in [0.29, 0.717) is 6.42 Å². The van der Waals surface area contributed by atoms with Gasteiger partial charge < -0.3 is 0 Å². The highest BCUT2D eigenvalue weighted by Gasteiger charge is 2.55. The quantitative estimate of drug-likeness (QED) is 0.195. The third-order valence-electron chi connectivity index (χ3n) is 6.54. The van der Waals surface area contributed by atoms with Crippen LogP contribution in [0.15, 0.2) is 54.6 Å². The number of Topliss-reactive ketones (excluding diaryl/α,β-unsaturated/α-hetero) is 1. The molecular formula is C26H22Cl3FN2O4. The molecule has 2 aromatic rings. The second-order valence-corrected chi connectivity index (χ2v) is 10.0. The van der Waals surface area contributed by atoms with Crippen molar-refractivity contribution in [3.63, 3.8) is 0 Å². The Morgan fingerprint density at radius 2 is 1.81 bits per heavy atom. The highest BCUT2D eigenvalue weighted by Crippen LogP contribution is 2.40. The average Bonchev–Trinajstić information content (AvgIpc) is 3.09. The minimum atomic E-state index is -1.33. The van der Waals surface area contributed by atoms with Gasteiger partial charge in [-0.2, -0.15) is 5.01 Å². The molecule has 4 atom stereocenters. The first-order chi connectivity index (χ1) is 17.1. The van der Waals surface area contributed by atoms with Crippen LogP contribution in [0.1, 0.15) is 40.5 Å². The van der Waals surface area contributed by atoms with Crippen LogP contribution in [0.3, 0.4) is 0 Å². The molecule has 0 aromatic heterocycles. The van der Waals surface area contributed by atoms with Crippen molar-refractivity contribution in [1.82, 2.24) is 10.0 Å². The van der Waals surface area contributed by atoms with Crippen molar-refractivity contribution in [3.05, 3.63) is 81.6 Å². The van der Waals surface area contributed by atoms with E-state index < -0.39 is 47.2 Å². The molecule has 0 unspecified atom stereocenters. The first-order valence-corrected chi connectivity index (χ1v) is 12.6. The van der Waals surface area contributed by atoms with E-state index in [0.717, 1.165) is 22.2 Å². The lowest BCUT2D eigenvalue weighted by molar-refractivity contribution is -0.156. The van der Waals surface area contributed by atoms with Crippen LogP contribution in [0.4, 0.5) is 4.39 Å². The number of halogens is 4. The summed E-state index contributed by atoms with van der Waals surface area (Å²) in [5, 5.41) is 1.92. The largest absolute Gasteiger partial charge is 0.292 e. The van der Waals surface area contributed by atoms with Crippen molar-refractivity contribution in [2.45, 2.75) is 25.8 Å². The van der Waals surface area contributed by atoms with Crippen LogP contribution in [0.25, 0.3) is 0 Å². The Kier molecular flexibility index (Phi) is 7.83. The summed E-state index contributed by atoms with van der Waals surface area (Å²) in [5.74, 6) is -4.76. The third-order valence-corrected chi connectivity index (χ3v) is 7.31. The van der Waals surface area contributed by atoms with Crippen LogP contribution in [0.5, 0.6) is 0 Å². The number of fused-ring (bicyclic) bond motifs is 1. The smallest absolute Gasteiger partial charge is 0.275 e. The molecule has 0 bridgehead atoms. The maximum atomic E-state index is 13.9. The second kappa shape index (κ2) is 10.7. The molecule has 1 saturated heterocycles. The number of imide groups is 1. The summed E-state index contributed by atoms with van der Waals surface area (Å²) < 4.78 is 13.5. The fraction of sp³-hybridized carbons (Fsp3) is 0.308. The summed E-state index contributed by atoms with van der Waals surface area (Å²) in [6, 6.07) is 7.60. The molecule has 0 N–H and O–H groups in total. The first kappa shape index (κ1) is 26.3. The van der Waals surface area contributed by atoms with Gasteiger partial charge in [0.25, 0.3) is 17.7 Å². The molecular weight excluding hydrogens is 530 g/mol. The van der Waals surface area contributed by atoms with Gasteiger partial charge in [0.05, 0.1) is 22.4 Å². The lowest BCUT2D eigenvalue weighted by Gasteiger charge is -2.36. The SMILES string of the molecule is C[C@@H]1C=CC[C@@H]2C(=O)N(N(C(=O)c3ccc(Cl)cc3Cl)[C@@H](CCCl)C(=O)c3ccc(F)cc3)C(=O)[C@H]12. The van der Waals surface area contributed by atoms with Crippen molar-refractivity contribution in [1.29, 1.82) is 0 Å². The van der Waals surface area contributed by atoms with E-state index in [1.165, 1.54) is 30.3 Å². The van der Waals surface area contributed by atoms with E-state index in [9.17, 15) is 23.6 Å². The standard InChI is InChI=1S/C26H22Cl3FN2O4/c1-14-3-2-4-19-22(14)26(36)32(25(19)35)31(24(34)18-10-7-16(28)13-20(18)29)21(11-12-27)23(33)15-5-8-17(30)9-6-15/h2-3,5-10,13-14,19,21-22H,4,11-12H2,1H3/t14-,19+,21+,22-/m1/s1. The Balaban J connectivity index is 1.84. The molecule has 1 aliphatic carbocycles. The van der Waals surface area contributed by atoms with Crippen LogP contribution in [-0.4, -0.2) is 45.4 Å². The van der Waals surface area contributed by atoms with E-state index in [-0.39, 0.29) is 39.4 Å². The molecule has 0 saturated carbocycles. The number of allylic oxidation sites excluding steroid dienone is 2. The van der Waals surface area contributed by atoms with Crippen LogP contribution < -0.4 is 0 Å². The summed E-state index contributed by atoms with van der Waals surface area (Å²) in [7, 11) is 0. The van der Waals surface area contributed by atoms with Gasteiger partial charge in [0.2, 0.25) is 0 Å². The lowest BCUT2D eigenvalue weighted by Crippen LogP contribution is -2.57. The molecule has 2 aliphatic rings. The van der Waals surface area contributed by atoms with Gasteiger partial charge in [0, 0.05) is 16.5 Å². The van der Waals surface area contributed by atoms with Gasteiger partial charge in [-0.05, 0) is 61.2 Å². The van der Waals surface area contributed by atoms with Gasteiger partial charge in [-0.1, -0.05) is 42.3 Å². The van der Waals surface area contributed by atoms with Crippen molar-refractivity contribution < 1.29 is 23.6 Å². The molecule has 0 radical (unpaired) electrons. The van der Waals surface area contributed by atoms with Crippen molar-refractivity contribution in [3.8, 4) is 0 Å². The number of alkyl halides is 1. The molecule has 4 rings (SSSR count). The minimum absolute atomic E-state index is 0.0112. The third kappa shape index (κ3) is 4.80. The Morgan fingerprint density at radius 3 is 2.42 bits per heavy atom. The molecule has 1 fully saturated rings. The summed E-state index contributed by atoms with van der Waals surface area (Å²) >= 11 is 18.3. The van der Waals surface area contributed by atoms with Crippen molar-refractivity contribution in [2.75, 3.05) is 5.88 Å². The predicted octanol–water partition coefficient (Wildman–Crippen LogP) is 5.57. The number of amides is 3. The number of hydrazine groups is 1. The zero-order valence-corrected chi connectivity index (χ0v) is 21.4. The normalized spacial score (nSPS) is 21.9. The Hall–Kier alpha value is -2.74. The van der Waals surface area contributed by atoms with E-state index in [1.54, 1.807) is 0 Å². The first-order valence-electron chi connectivity index (χ1n) is 11.3. The number of rotatable bonds is 7. The highest BCUT2D eigenvalue weighted by atomic mass is 35.5. The van der Waals surface area contributed by atoms with Crippen LogP contribution >= 0.6 is 34.8 Å². The topological polar surface area (TPSA) is 74.8 Å². The maximum absolute atomic E-state index is 13.9. The van der Waals surface area contributed by atoms with E-state index >= 15 is 0 Å². The molecule has 6 nitrogen and oxygen atoms in total. The summed E-state index contributed by atoms with van der Waals surface area (Å²) in [4.78, 5) is 54.7. The molecule has 10 heteroatoms. The van der Waals surface area contributed by atoms with E-state index in [2.05, 4.69) is 0 Å². The molecule has 2 aromatic carbocycles. The molecule has 0 spiro atoms. The minimum Gasteiger partial charge on any atom is -0.292 e. The number of hydrogen-bond acceptors (Lipinski definition) is 4. The molecule has 1 heterocycles. The van der Waals surface area contributed by atoms with Crippen LogP contribution in [-0.2, 0) is 9.59 Å². The molecule has 36 heavy (non-hydrogen) atoms. The summed E-state index contributed by atoms with van der Waals surface area (Å²) in [6.45, 7) is 1.82. The molecule has 3 amide bonds. The zero-order valence-electron chi connectivity index (χ0n) is 19.2. The van der Waals surface area contributed by atoms with E-state index in [1.807, 2.05) is 19.1 Å². The zero-order chi connectivity index (χ0) is 26.1. The fourth-order valence-corrected chi connectivity index (χ4v) is 5.47. The maximum Gasteiger partial charge on any atom is 0.275 e. The van der Waals surface area contributed by atoms with E-state index in [4.69, 9.17) is 34.8 Å². The lowest BCUT2D eigenvalue weighted by atomic mass is 9.78. The number of benzene rings is 2. The number of carbonyl (C=O) groups excluding carboxylic acids is 4. The summed E-state index contributed by atoms with van der Waals surface area (Å²) in [6.07, 6.45) is 3.96. The molecule has 188 valence electrons. The summed E-state index contributed by atoms with van der Waals surface area (Å²) in [5.41, 5.74) is 0.0484. The number of nitrogens with zero attached hydrogens (tertiary/aromatic N) is 2. The van der Waals surface area contributed by atoms with Gasteiger partial charge in [0.1, 0.15) is 11.9 Å². The van der Waals surface area contributed by atoms with Gasteiger partial charge in [0.15, 0.2) is 5.78 Å². The highest BCUT2D eigenvalue weighted by molar-refractivity contribution is 6.36. The Morgan fingerprint density at radius 1 is 1.11 bits per heavy atom. The second-order valence-electron chi connectivity index (χ2n) is 8.78. The Bertz CT molecular complexity index is 1250. The van der Waals surface area contributed by atoms with Crippen LogP contribution in [0, 0.1) is 23.6 Å². The van der Waals surface area contributed by atoms with Gasteiger partial charge in [-0.15, -0.1) is 11.6 Å². The molecule has 1 aliphatic heterocycles. The van der Waals surface area contributed by atoms with Crippen molar-refractivity contribution >= 4 is 58.3 Å².